The van der Waals surface area contributed by atoms with E-state index in [2.05, 4.69) is 15.5 Å². The Morgan fingerprint density at radius 1 is 1.12 bits per heavy atom. The van der Waals surface area contributed by atoms with Gasteiger partial charge in [0.15, 0.2) is 14.9 Å². The van der Waals surface area contributed by atoms with E-state index in [1.807, 2.05) is 17.5 Å². The molecular formula is C17H15N3O3S2. The maximum Gasteiger partial charge on any atom is 0.265 e. The van der Waals surface area contributed by atoms with Crippen LogP contribution in [0.5, 0.6) is 0 Å². The number of aromatic nitrogens is 2. The highest BCUT2D eigenvalue weighted by Gasteiger charge is 2.14. The summed E-state index contributed by atoms with van der Waals surface area (Å²) in [6, 6.07) is 13.8. The Balaban J connectivity index is 1.83. The molecule has 2 aromatic heterocycles. The molecule has 0 aliphatic heterocycles. The van der Waals surface area contributed by atoms with Gasteiger partial charge in [0.2, 0.25) is 0 Å². The third-order valence-corrected chi connectivity index (χ3v) is 5.98. The lowest BCUT2D eigenvalue weighted by atomic mass is 10.1. The van der Waals surface area contributed by atoms with Crippen LogP contribution in [0.25, 0.3) is 11.3 Å². The highest BCUT2D eigenvalue weighted by atomic mass is 32.2. The van der Waals surface area contributed by atoms with Gasteiger partial charge >= 0.3 is 0 Å². The number of anilines is 1. The SMILES string of the molecule is CCS(=O)(=O)c1ccc(-c2cccc(NC(=O)c3cccs3)c2)nn1. The fourth-order valence-electron chi connectivity index (χ4n) is 2.14. The zero-order valence-electron chi connectivity index (χ0n) is 13.3. The van der Waals surface area contributed by atoms with Gasteiger partial charge in [-0.25, -0.2) is 8.42 Å². The highest BCUT2D eigenvalue weighted by Crippen LogP contribution is 2.22. The molecule has 0 fully saturated rings. The molecule has 25 heavy (non-hydrogen) atoms. The first kappa shape index (κ1) is 17.2. The molecule has 2 heterocycles. The Morgan fingerprint density at radius 3 is 2.60 bits per heavy atom. The van der Waals surface area contributed by atoms with Crippen molar-refractivity contribution < 1.29 is 13.2 Å². The molecule has 1 N–H and O–H groups in total. The summed E-state index contributed by atoms with van der Waals surface area (Å²) < 4.78 is 23.6. The topological polar surface area (TPSA) is 89.0 Å². The predicted molar refractivity (Wildman–Crippen MR) is 97.5 cm³/mol. The summed E-state index contributed by atoms with van der Waals surface area (Å²) in [5.74, 6) is -0.201. The van der Waals surface area contributed by atoms with Crippen LogP contribution in [0.2, 0.25) is 0 Å². The van der Waals surface area contributed by atoms with Crippen molar-refractivity contribution in [2.24, 2.45) is 0 Å². The van der Waals surface area contributed by atoms with Crippen LogP contribution in [0.4, 0.5) is 5.69 Å². The van der Waals surface area contributed by atoms with Crippen LogP contribution in [0, 0.1) is 0 Å². The number of nitrogens with zero attached hydrogens (tertiary/aromatic N) is 2. The fraction of sp³-hybridized carbons (Fsp3) is 0.118. The van der Waals surface area contributed by atoms with Crippen LogP contribution in [0.3, 0.4) is 0 Å². The van der Waals surface area contributed by atoms with Crippen LogP contribution >= 0.6 is 11.3 Å². The summed E-state index contributed by atoms with van der Waals surface area (Å²) in [7, 11) is -3.38. The molecule has 0 bridgehead atoms. The van der Waals surface area contributed by atoms with Gasteiger partial charge in [-0.05, 0) is 35.7 Å². The molecule has 3 aromatic rings. The number of rotatable bonds is 5. The van der Waals surface area contributed by atoms with Gasteiger partial charge in [-0.3, -0.25) is 4.79 Å². The lowest BCUT2D eigenvalue weighted by molar-refractivity contribution is 0.103. The summed E-state index contributed by atoms with van der Waals surface area (Å²) in [4.78, 5) is 12.7. The van der Waals surface area contributed by atoms with E-state index in [9.17, 15) is 13.2 Å². The minimum atomic E-state index is -3.38. The molecule has 8 heteroatoms. The number of hydrogen-bond acceptors (Lipinski definition) is 6. The van der Waals surface area contributed by atoms with Gasteiger partial charge in [-0.2, -0.15) is 0 Å². The predicted octanol–water partition coefficient (Wildman–Crippen LogP) is 3.25. The largest absolute Gasteiger partial charge is 0.321 e. The maximum atomic E-state index is 12.1. The van der Waals surface area contributed by atoms with E-state index in [0.717, 1.165) is 5.56 Å². The molecule has 0 aliphatic carbocycles. The fourth-order valence-corrected chi connectivity index (χ4v) is 3.50. The molecule has 0 aliphatic rings. The third-order valence-electron chi connectivity index (χ3n) is 3.50. The van der Waals surface area contributed by atoms with Crippen molar-refractivity contribution in [2.45, 2.75) is 11.9 Å². The molecule has 1 amide bonds. The molecular weight excluding hydrogens is 358 g/mol. The van der Waals surface area contributed by atoms with Crippen molar-refractivity contribution in [3.05, 3.63) is 58.8 Å². The third kappa shape index (κ3) is 3.92. The second-order valence-corrected chi connectivity index (χ2v) is 8.35. The summed E-state index contributed by atoms with van der Waals surface area (Å²) in [5.41, 5.74) is 1.89. The molecule has 0 saturated carbocycles. The van der Waals surface area contributed by atoms with Gasteiger partial charge in [-0.1, -0.05) is 25.1 Å². The molecule has 0 spiro atoms. The Hall–Kier alpha value is -2.58. The normalized spacial score (nSPS) is 11.2. The van der Waals surface area contributed by atoms with E-state index < -0.39 is 9.84 Å². The zero-order chi connectivity index (χ0) is 17.9. The van der Waals surface area contributed by atoms with E-state index in [-0.39, 0.29) is 16.7 Å². The molecule has 0 radical (unpaired) electrons. The average Bonchev–Trinajstić information content (AvgIpc) is 3.17. The Morgan fingerprint density at radius 2 is 1.96 bits per heavy atom. The van der Waals surface area contributed by atoms with Crippen molar-refractivity contribution in [2.75, 3.05) is 11.1 Å². The minimum absolute atomic E-state index is 0.0226. The summed E-state index contributed by atoms with van der Waals surface area (Å²) in [6.07, 6.45) is 0. The first-order valence-electron chi connectivity index (χ1n) is 7.51. The maximum absolute atomic E-state index is 12.1. The highest BCUT2D eigenvalue weighted by molar-refractivity contribution is 7.91. The minimum Gasteiger partial charge on any atom is -0.321 e. The number of sulfone groups is 1. The monoisotopic (exact) mass is 373 g/mol. The van der Waals surface area contributed by atoms with Crippen molar-refractivity contribution in [3.63, 3.8) is 0 Å². The standard InChI is InChI=1S/C17H15N3O3S2/c1-2-25(22,23)16-9-8-14(19-20-16)12-5-3-6-13(11-12)18-17(21)15-7-4-10-24-15/h3-11H,2H2,1H3,(H,18,21). The molecule has 6 nitrogen and oxygen atoms in total. The molecule has 0 unspecified atom stereocenters. The summed E-state index contributed by atoms with van der Waals surface area (Å²) in [5, 5.41) is 12.4. The number of hydrogen-bond donors (Lipinski definition) is 1. The Bertz CT molecular complexity index is 982. The van der Waals surface area contributed by atoms with Gasteiger partial charge in [0.1, 0.15) is 0 Å². The van der Waals surface area contributed by atoms with Gasteiger partial charge < -0.3 is 5.32 Å². The average molecular weight is 373 g/mol. The van der Waals surface area contributed by atoms with Crippen LogP contribution in [-0.2, 0) is 9.84 Å². The van der Waals surface area contributed by atoms with Crippen LogP contribution in [-0.4, -0.2) is 30.3 Å². The van der Waals surface area contributed by atoms with Gasteiger partial charge in [0.25, 0.3) is 5.91 Å². The Labute approximate surface area is 149 Å². The quantitative estimate of drug-likeness (QED) is 0.741. The van der Waals surface area contributed by atoms with Crippen LogP contribution < -0.4 is 5.32 Å². The molecule has 3 rings (SSSR count). The number of benzene rings is 1. The summed E-state index contributed by atoms with van der Waals surface area (Å²) >= 11 is 1.37. The van der Waals surface area contributed by atoms with Crippen molar-refractivity contribution in [1.29, 1.82) is 0 Å². The smallest absolute Gasteiger partial charge is 0.265 e. The van der Waals surface area contributed by atoms with E-state index >= 15 is 0 Å². The summed E-state index contributed by atoms with van der Waals surface area (Å²) in [6.45, 7) is 1.56. The van der Waals surface area contributed by atoms with Crippen molar-refractivity contribution >= 4 is 32.8 Å². The van der Waals surface area contributed by atoms with E-state index in [4.69, 9.17) is 0 Å². The molecule has 1 aromatic carbocycles. The van der Waals surface area contributed by atoms with Gasteiger partial charge in [0, 0.05) is 11.3 Å². The second kappa shape index (κ2) is 7.12. The number of carbonyl (C=O) groups is 1. The second-order valence-electron chi connectivity index (χ2n) is 5.17. The number of amides is 1. The number of carbonyl (C=O) groups excluding carboxylic acids is 1. The lowest BCUT2D eigenvalue weighted by Crippen LogP contribution is -2.10. The molecule has 0 saturated heterocycles. The van der Waals surface area contributed by atoms with Crippen LogP contribution in [0.1, 0.15) is 16.6 Å². The van der Waals surface area contributed by atoms with E-state index in [0.29, 0.717) is 16.3 Å². The van der Waals surface area contributed by atoms with Gasteiger partial charge in [-0.15, -0.1) is 21.5 Å². The Kier molecular flexibility index (Phi) is 4.91. The first-order valence-corrected chi connectivity index (χ1v) is 10.0. The van der Waals surface area contributed by atoms with Crippen molar-refractivity contribution in [1.82, 2.24) is 10.2 Å². The van der Waals surface area contributed by atoms with Gasteiger partial charge in [0.05, 0.1) is 16.3 Å². The zero-order valence-corrected chi connectivity index (χ0v) is 15.0. The number of thiophene rings is 1. The van der Waals surface area contributed by atoms with E-state index in [1.165, 1.54) is 17.4 Å². The van der Waals surface area contributed by atoms with Crippen LogP contribution in [0.15, 0.2) is 58.9 Å². The van der Waals surface area contributed by atoms with Crippen molar-refractivity contribution in [3.8, 4) is 11.3 Å². The molecule has 128 valence electrons. The molecule has 0 atom stereocenters. The lowest BCUT2D eigenvalue weighted by Gasteiger charge is -2.07. The first-order chi connectivity index (χ1) is 12.0. The van der Waals surface area contributed by atoms with E-state index in [1.54, 1.807) is 37.3 Å². The number of nitrogens with one attached hydrogen (secondary N) is 1.